The van der Waals surface area contributed by atoms with E-state index in [-0.39, 0.29) is 0 Å². The van der Waals surface area contributed by atoms with Crippen molar-refractivity contribution in [2.24, 2.45) is 0 Å². The number of rotatable bonds is 3. The summed E-state index contributed by atoms with van der Waals surface area (Å²) in [4.78, 5) is 1.29. The predicted molar refractivity (Wildman–Crippen MR) is 55.5 cm³/mol. The molecule has 0 amide bonds. The minimum atomic E-state index is 0.381. The first-order valence-electron chi connectivity index (χ1n) is 4.35. The van der Waals surface area contributed by atoms with Crippen molar-refractivity contribution in [1.82, 2.24) is 5.32 Å². The Bertz CT molecular complexity index is 285. The summed E-state index contributed by atoms with van der Waals surface area (Å²) in [7, 11) is 0. The van der Waals surface area contributed by atoms with Crippen LogP contribution >= 0.6 is 22.9 Å². The molecule has 13 heavy (non-hydrogen) atoms. The van der Waals surface area contributed by atoms with E-state index in [1.807, 2.05) is 6.07 Å². The fraction of sp³-hybridized carbons (Fsp3) is 0.556. The van der Waals surface area contributed by atoms with Crippen LogP contribution in [-0.2, 0) is 4.74 Å². The van der Waals surface area contributed by atoms with Crippen molar-refractivity contribution in [2.75, 3.05) is 13.2 Å². The fourth-order valence-electron chi connectivity index (χ4n) is 1.33. The average Bonchev–Trinajstić information content (AvgIpc) is 2.44. The van der Waals surface area contributed by atoms with Gasteiger partial charge in [0.25, 0.3) is 0 Å². The van der Waals surface area contributed by atoms with Gasteiger partial charge in [-0.1, -0.05) is 11.6 Å². The molecule has 1 aliphatic rings. The summed E-state index contributed by atoms with van der Waals surface area (Å²) < 4.78 is 5.95. The van der Waals surface area contributed by atoms with Crippen molar-refractivity contribution in [3.05, 3.63) is 21.3 Å². The van der Waals surface area contributed by atoms with Gasteiger partial charge in [-0.2, -0.15) is 0 Å². The second-order valence-electron chi connectivity index (χ2n) is 3.26. The molecule has 0 aliphatic carbocycles. The molecular weight excluding hydrogens is 206 g/mol. The van der Waals surface area contributed by atoms with Crippen molar-refractivity contribution in [3.8, 4) is 0 Å². The Labute approximate surface area is 86.9 Å². The zero-order valence-electron chi connectivity index (χ0n) is 7.42. The quantitative estimate of drug-likeness (QED) is 0.840. The molecule has 2 nitrogen and oxygen atoms in total. The molecule has 1 aliphatic heterocycles. The summed E-state index contributed by atoms with van der Waals surface area (Å²) in [5, 5.41) is 3.47. The summed E-state index contributed by atoms with van der Waals surface area (Å²) in [6.07, 6.45) is 0. The van der Waals surface area contributed by atoms with Crippen molar-refractivity contribution >= 4 is 22.9 Å². The van der Waals surface area contributed by atoms with E-state index >= 15 is 0 Å². The maximum atomic E-state index is 5.85. The number of hydrogen-bond acceptors (Lipinski definition) is 3. The van der Waals surface area contributed by atoms with Crippen LogP contribution in [0.25, 0.3) is 0 Å². The van der Waals surface area contributed by atoms with Crippen LogP contribution in [0.1, 0.15) is 17.8 Å². The smallest absolute Gasteiger partial charge is 0.0931 e. The van der Waals surface area contributed by atoms with Crippen LogP contribution in [-0.4, -0.2) is 19.3 Å². The molecule has 1 aromatic rings. The zero-order chi connectivity index (χ0) is 9.26. The summed E-state index contributed by atoms with van der Waals surface area (Å²) >= 11 is 7.49. The summed E-state index contributed by atoms with van der Waals surface area (Å²) in [6, 6.07) is 4.92. The van der Waals surface area contributed by atoms with Gasteiger partial charge in [-0.3, -0.25) is 0 Å². The van der Waals surface area contributed by atoms with Gasteiger partial charge in [0.1, 0.15) is 0 Å². The molecular formula is C9H12ClNOS. The highest BCUT2D eigenvalue weighted by Crippen LogP contribution is 2.27. The van der Waals surface area contributed by atoms with Gasteiger partial charge in [0, 0.05) is 10.9 Å². The second kappa shape index (κ2) is 3.96. The van der Waals surface area contributed by atoms with E-state index in [4.69, 9.17) is 16.3 Å². The highest BCUT2D eigenvalue weighted by atomic mass is 35.5. The average molecular weight is 218 g/mol. The van der Waals surface area contributed by atoms with E-state index in [2.05, 4.69) is 18.3 Å². The van der Waals surface area contributed by atoms with Crippen LogP contribution in [0, 0.1) is 0 Å². The van der Waals surface area contributed by atoms with E-state index in [1.54, 1.807) is 11.3 Å². The Balaban J connectivity index is 1.92. The maximum Gasteiger partial charge on any atom is 0.0931 e. The molecule has 0 spiro atoms. The Morgan fingerprint density at radius 1 is 1.62 bits per heavy atom. The van der Waals surface area contributed by atoms with Gasteiger partial charge in [0.2, 0.25) is 0 Å². The van der Waals surface area contributed by atoms with Crippen molar-refractivity contribution in [3.63, 3.8) is 0 Å². The number of halogens is 1. The highest BCUT2D eigenvalue weighted by Gasteiger charge is 2.20. The maximum absolute atomic E-state index is 5.85. The molecule has 1 saturated heterocycles. The van der Waals surface area contributed by atoms with Crippen molar-refractivity contribution < 1.29 is 4.74 Å². The molecule has 0 saturated carbocycles. The van der Waals surface area contributed by atoms with Gasteiger partial charge in [-0.05, 0) is 19.1 Å². The van der Waals surface area contributed by atoms with E-state index in [0.717, 1.165) is 17.6 Å². The minimum absolute atomic E-state index is 0.381. The number of hydrogen-bond donors (Lipinski definition) is 1. The van der Waals surface area contributed by atoms with Crippen LogP contribution in [0.2, 0.25) is 4.34 Å². The van der Waals surface area contributed by atoms with E-state index in [9.17, 15) is 0 Å². The second-order valence-corrected chi connectivity index (χ2v) is 5.01. The van der Waals surface area contributed by atoms with Gasteiger partial charge in [-0.15, -0.1) is 11.3 Å². The van der Waals surface area contributed by atoms with Crippen molar-refractivity contribution in [1.29, 1.82) is 0 Å². The van der Waals surface area contributed by atoms with Crippen LogP contribution in [0.5, 0.6) is 0 Å². The molecule has 1 fully saturated rings. The molecule has 1 unspecified atom stereocenters. The Morgan fingerprint density at radius 2 is 2.38 bits per heavy atom. The van der Waals surface area contributed by atoms with Crippen LogP contribution < -0.4 is 5.32 Å². The normalized spacial score (nSPS) is 19.8. The first kappa shape index (κ1) is 9.46. The third kappa shape index (κ3) is 2.23. The molecule has 2 rings (SSSR count). The van der Waals surface area contributed by atoms with Gasteiger partial charge in [0.05, 0.1) is 23.6 Å². The van der Waals surface area contributed by atoms with Crippen LogP contribution in [0.4, 0.5) is 0 Å². The molecule has 4 heteroatoms. The van der Waals surface area contributed by atoms with Crippen molar-refractivity contribution in [2.45, 2.75) is 19.0 Å². The van der Waals surface area contributed by atoms with Gasteiger partial charge < -0.3 is 10.1 Å². The first-order chi connectivity index (χ1) is 6.25. The molecule has 1 atom stereocenters. The largest absolute Gasteiger partial charge is 0.378 e. The van der Waals surface area contributed by atoms with E-state index in [0.29, 0.717) is 12.1 Å². The summed E-state index contributed by atoms with van der Waals surface area (Å²) in [6.45, 7) is 3.83. The fourth-order valence-corrected chi connectivity index (χ4v) is 2.40. The Morgan fingerprint density at radius 3 is 2.85 bits per heavy atom. The number of thiophene rings is 1. The molecule has 0 aromatic carbocycles. The molecule has 72 valence electrons. The number of nitrogens with one attached hydrogen (secondary N) is 1. The molecule has 0 radical (unpaired) electrons. The standard InChI is InChI=1S/C9H12ClNOS/c1-6(11-7-4-12-5-7)8-2-3-9(10)13-8/h2-3,6-7,11H,4-5H2,1H3. The highest BCUT2D eigenvalue weighted by molar-refractivity contribution is 7.16. The van der Waals surface area contributed by atoms with Gasteiger partial charge in [0.15, 0.2) is 0 Å². The minimum Gasteiger partial charge on any atom is -0.378 e. The molecule has 2 heterocycles. The number of ether oxygens (including phenoxy) is 1. The van der Waals surface area contributed by atoms with Crippen LogP contribution in [0.15, 0.2) is 12.1 Å². The lowest BCUT2D eigenvalue weighted by Gasteiger charge is -2.29. The summed E-state index contributed by atoms with van der Waals surface area (Å²) in [5.74, 6) is 0. The van der Waals surface area contributed by atoms with Crippen LogP contribution in [0.3, 0.4) is 0 Å². The Hall–Kier alpha value is -0.0900. The predicted octanol–water partition coefficient (Wildman–Crippen LogP) is 2.45. The monoisotopic (exact) mass is 217 g/mol. The molecule has 1 aromatic heterocycles. The lowest BCUT2D eigenvalue weighted by molar-refractivity contribution is -0.00909. The van der Waals surface area contributed by atoms with Gasteiger partial charge >= 0.3 is 0 Å². The third-order valence-corrected chi connectivity index (χ3v) is 3.56. The topological polar surface area (TPSA) is 21.3 Å². The lowest BCUT2D eigenvalue weighted by Crippen LogP contribution is -2.46. The lowest BCUT2D eigenvalue weighted by atomic mass is 10.2. The van der Waals surface area contributed by atoms with E-state index in [1.165, 1.54) is 4.88 Å². The zero-order valence-corrected chi connectivity index (χ0v) is 8.99. The third-order valence-electron chi connectivity index (χ3n) is 2.14. The molecule has 1 N–H and O–H groups in total. The first-order valence-corrected chi connectivity index (χ1v) is 5.54. The molecule has 0 bridgehead atoms. The summed E-state index contributed by atoms with van der Waals surface area (Å²) in [5.41, 5.74) is 0. The Kier molecular flexibility index (Phi) is 2.89. The SMILES string of the molecule is CC(NC1COC1)c1ccc(Cl)s1. The van der Waals surface area contributed by atoms with E-state index < -0.39 is 0 Å². The van der Waals surface area contributed by atoms with Gasteiger partial charge in [-0.25, -0.2) is 0 Å².